The number of carbonyl (C=O) groups excluding carboxylic acids is 2. The number of nitrogens with zero attached hydrogens (tertiary/aromatic N) is 1. The predicted molar refractivity (Wildman–Crippen MR) is 81.7 cm³/mol. The molecule has 0 fully saturated rings. The second-order valence-electron chi connectivity index (χ2n) is 5.03. The van der Waals surface area contributed by atoms with Gasteiger partial charge in [0.2, 0.25) is 0 Å². The second-order valence-corrected chi connectivity index (χ2v) is 5.44. The zero-order valence-corrected chi connectivity index (χ0v) is 12.4. The van der Waals surface area contributed by atoms with Crippen molar-refractivity contribution >= 4 is 29.0 Å². The molecule has 23 heavy (non-hydrogen) atoms. The molecule has 1 aliphatic rings. The molecule has 1 atom stereocenters. The quantitative estimate of drug-likeness (QED) is 0.368. The van der Waals surface area contributed by atoms with Crippen molar-refractivity contribution in [2.75, 3.05) is 0 Å². The number of ether oxygens (including phenoxy) is 1. The number of carbonyl (C=O) groups is 2. The van der Waals surface area contributed by atoms with E-state index >= 15 is 0 Å². The van der Waals surface area contributed by atoms with Crippen LogP contribution in [-0.2, 0) is 4.74 Å². The number of benzene rings is 2. The fourth-order valence-electron chi connectivity index (χ4n) is 2.48. The number of hydrogen-bond acceptors (Lipinski definition) is 5. The first-order valence-corrected chi connectivity index (χ1v) is 7.12. The van der Waals surface area contributed by atoms with Gasteiger partial charge in [-0.1, -0.05) is 29.8 Å². The van der Waals surface area contributed by atoms with E-state index < -0.39 is 17.0 Å². The van der Waals surface area contributed by atoms with Crippen LogP contribution < -0.4 is 0 Å². The lowest BCUT2D eigenvalue weighted by molar-refractivity contribution is -0.384. The summed E-state index contributed by atoms with van der Waals surface area (Å²) in [6.45, 7) is 0. The highest BCUT2D eigenvalue weighted by Crippen LogP contribution is 2.34. The van der Waals surface area contributed by atoms with Crippen LogP contribution in [0.15, 0.2) is 42.5 Å². The highest BCUT2D eigenvalue weighted by atomic mass is 35.5. The van der Waals surface area contributed by atoms with Crippen molar-refractivity contribution < 1.29 is 19.2 Å². The van der Waals surface area contributed by atoms with Gasteiger partial charge < -0.3 is 4.74 Å². The third-order valence-electron chi connectivity index (χ3n) is 3.61. The minimum absolute atomic E-state index is 0.0378. The molecule has 2 aromatic rings. The fourth-order valence-corrected chi connectivity index (χ4v) is 2.67. The van der Waals surface area contributed by atoms with Crippen LogP contribution in [0.3, 0.4) is 0 Å². The maximum Gasteiger partial charge on any atom is 0.339 e. The molecule has 0 saturated heterocycles. The van der Waals surface area contributed by atoms with Crippen LogP contribution in [0.4, 0.5) is 5.69 Å². The average Bonchev–Trinajstić information content (AvgIpc) is 2.84. The van der Waals surface area contributed by atoms with Gasteiger partial charge in [-0.25, -0.2) is 4.79 Å². The van der Waals surface area contributed by atoms with Crippen molar-refractivity contribution in [2.45, 2.75) is 12.5 Å². The van der Waals surface area contributed by atoms with Gasteiger partial charge in [0, 0.05) is 17.2 Å². The van der Waals surface area contributed by atoms with E-state index in [4.69, 9.17) is 16.3 Å². The first kappa shape index (κ1) is 15.2. The lowest BCUT2D eigenvalue weighted by Crippen LogP contribution is -2.08. The van der Waals surface area contributed by atoms with Crippen molar-refractivity contribution in [3.05, 3.63) is 74.3 Å². The molecule has 1 heterocycles. The Morgan fingerprint density at radius 1 is 1.26 bits per heavy atom. The summed E-state index contributed by atoms with van der Waals surface area (Å²) in [6.07, 6.45) is -0.761. The molecule has 6 nitrogen and oxygen atoms in total. The van der Waals surface area contributed by atoms with Crippen LogP contribution in [0, 0.1) is 10.1 Å². The Kier molecular flexibility index (Phi) is 3.83. The van der Waals surface area contributed by atoms with Gasteiger partial charge in [0.15, 0.2) is 5.78 Å². The number of halogens is 1. The number of fused-ring (bicyclic) bond motifs is 1. The smallest absolute Gasteiger partial charge is 0.339 e. The molecule has 2 aromatic carbocycles. The molecule has 0 aliphatic carbocycles. The summed E-state index contributed by atoms with van der Waals surface area (Å²) >= 11 is 5.73. The number of ketones is 1. The van der Waals surface area contributed by atoms with Gasteiger partial charge in [0.25, 0.3) is 5.69 Å². The molecule has 0 amide bonds. The topological polar surface area (TPSA) is 86.5 Å². The molecule has 0 bridgehead atoms. The molecule has 0 spiro atoms. The van der Waals surface area contributed by atoms with Crippen molar-refractivity contribution in [3.63, 3.8) is 0 Å². The van der Waals surface area contributed by atoms with Gasteiger partial charge in [0.1, 0.15) is 11.1 Å². The Bertz CT molecular complexity index is 833. The van der Waals surface area contributed by atoms with Crippen LogP contribution in [0.2, 0.25) is 5.02 Å². The van der Waals surface area contributed by atoms with Crippen LogP contribution in [-0.4, -0.2) is 16.7 Å². The van der Waals surface area contributed by atoms with Crippen molar-refractivity contribution in [2.24, 2.45) is 0 Å². The zero-order chi connectivity index (χ0) is 16.6. The first-order chi connectivity index (χ1) is 11.0. The highest BCUT2D eigenvalue weighted by Gasteiger charge is 2.32. The maximum atomic E-state index is 12.3. The summed E-state index contributed by atoms with van der Waals surface area (Å²) in [5.41, 5.74) is 0.907. The predicted octanol–water partition coefficient (Wildman–Crippen LogP) is 3.73. The molecule has 7 heteroatoms. The van der Waals surface area contributed by atoms with Crippen molar-refractivity contribution in [1.82, 2.24) is 0 Å². The van der Waals surface area contributed by atoms with Gasteiger partial charge in [-0.3, -0.25) is 14.9 Å². The van der Waals surface area contributed by atoms with E-state index in [0.29, 0.717) is 11.1 Å². The number of esters is 1. The van der Waals surface area contributed by atoms with Crippen molar-refractivity contribution in [1.29, 1.82) is 0 Å². The van der Waals surface area contributed by atoms with Crippen LogP contribution in [0.25, 0.3) is 0 Å². The van der Waals surface area contributed by atoms with Crippen LogP contribution >= 0.6 is 11.6 Å². The monoisotopic (exact) mass is 331 g/mol. The van der Waals surface area contributed by atoms with E-state index in [1.165, 1.54) is 12.1 Å². The van der Waals surface area contributed by atoms with Gasteiger partial charge in [-0.2, -0.15) is 0 Å². The molecule has 116 valence electrons. The number of rotatable bonds is 4. The summed E-state index contributed by atoms with van der Waals surface area (Å²) in [4.78, 5) is 34.3. The average molecular weight is 332 g/mol. The van der Waals surface area contributed by atoms with Crippen molar-refractivity contribution in [3.8, 4) is 0 Å². The number of nitro groups is 1. The molecule has 0 radical (unpaired) electrons. The Morgan fingerprint density at radius 2 is 2.00 bits per heavy atom. The van der Waals surface area contributed by atoms with E-state index in [9.17, 15) is 19.7 Å². The Labute approximate surface area is 135 Å². The number of nitro benzene ring substituents is 1. The maximum absolute atomic E-state index is 12.3. The van der Waals surface area contributed by atoms with Crippen LogP contribution in [0.5, 0.6) is 0 Å². The third kappa shape index (κ3) is 2.80. The molecule has 1 unspecified atom stereocenters. The largest absolute Gasteiger partial charge is 0.453 e. The van der Waals surface area contributed by atoms with Gasteiger partial charge in [-0.05, 0) is 18.2 Å². The minimum Gasteiger partial charge on any atom is -0.453 e. The molecule has 1 aliphatic heterocycles. The van der Waals surface area contributed by atoms with Gasteiger partial charge in [-0.15, -0.1) is 0 Å². The molecule has 0 aromatic heterocycles. The molecular weight excluding hydrogens is 322 g/mol. The summed E-state index contributed by atoms with van der Waals surface area (Å²) < 4.78 is 5.21. The van der Waals surface area contributed by atoms with E-state index in [1.807, 2.05) is 0 Å². The molecular formula is C16H10ClNO5. The second kappa shape index (κ2) is 5.81. The van der Waals surface area contributed by atoms with Crippen LogP contribution in [0.1, 0.15) is 38.8 Å². The lowest BCUT2D eigenvalue weighted by atomic mass is 9.98. The van der Waals surface area contributed by atoms with Gasteiger partial charge >= 0.3 is 5.97 Å². The summed E-state index contributed by atoms with van der Waals surface area (Å²) in [5, 5.41) is 10.9. The summed E-state index contributed by atoms with van der Waals surface area (Å²) in [6, 6.07) is 10.7. The standard InChI is InChI=1S/C16H10ClNO5/c17-12-6-5-9(7-13(12)18(21)22)14(19)8-15-10-3-1-2-4-11(10)16(20)23-15/h1-7,15H,8H2. The normalized spacial score (nSPS) is 15.9. The summed E-state index contributed by atoms with van der Waals surface area (Å²) in [5.74, 6) is -0.834. The first-order valence-electron chi connectivity index (χ1n) is 6.74. The Morgan fingerprint density at radius 3 is 2.74 bits per heavy atom. The molecule has 0 saturated carbocycles. The zero-order valence-electron chi connectivity index (χ0n) is 11.7. The molecule has 0 N–H and O–H groups in total. The SMILES string of the molecule is O=C(CC1OC(=O)c2ccccc21)c1ccc(Cl)c([N+](=O)[O-])c1. The van der Waals surface area contributed by atoms with E-state index in [0.717, 1.165) is 6.07 Å². The van der Waals surface area contributed by atoms with E-state index in [1.54, 1.807) is 24.3 Å². The van der Waals surface area contributed by atoms with Gasteiger partial charge in [0.05, 0.1) is 16.9 Å². The van der Waals surface area contributed by atoms with E-state index in [2.05, 4.69) is 0 Å². The Balaban J connectivity index is 1.85. The molecule has 3 rings (SSSR count). The highest BCUT2D eigenvalue weighted by molar-refractivity contribution is 6.32. The lowest BCUT2D eigenvalue weighted by Gasteiger charge is -2.10. The third-order valence-corrected chi connectivity index (χ3v) is 3.93. The number of Topliss-reactive ketones (excluding diaryl/α,β-unsaturated/α-hetero) is 1. The fraction of sp³-hybridized carbons (Fsp3) is 0.125. The Hall–Kier alpha value is -2.73. The number of hydrogen-bond donors (Lipinski definition) is 0. The summed E-state index contributed by atoms with van der Waals surface area (Å²) in [7, 11) is 0. The minimum atomic E-state index is -0.680. The number of cyclic esters (lactones) is 1. The van der Waals surface area contributed by atoms with E-state index in [-0.39, 0.29) is 28.5 Å².